The van der Waals surface area contributed by atoms with E-state index in [1.165, 1.54) is 30.0 Å². The first kappa shape index (κ1) is 21.3. The molecule has 0 unspecified atom stereocenters. The number of nitro benzene ring substituents is 1. The van der Waals surface area contributed by atoms with Gasteiger partial charge in [0.2, 0.25) is 11.8 Å². The van der Waals surface area contributed by atoms with E-state index in [2.05, 4.69) is 20.6 Å². The summed E-state index contributed by atoms with van der Waals surface area (Å²) in [6.45, 7) is 5.03. The Kier molecular flexibility index (Phi) is 6.67. The zero-order valence-electron chi connectivity index (χ0n) is 16.7. The molecule has 0 aliphatic carbocycles. The fourth-order valence-electron chi connectivity index (χ4n) is 2.66. The van der Waals surface area contributed by atoms with Gasteiger partial charge in [0, 0.05) is 37.6 Å². The highest BCUT2D eigenvalue weighted by Gasteiger charge is 2.19. The molecule has 0 saturated heterocycles. The molecule has 2 heterocycles. The first-order valence-corrected chi connectivity index (χ1v) is 10.2. The van der Waals surface area contributed by atoms with Crippen molar-refractivity contribution in [2.24, 2.45) is 7.05 Å². The van der Waals surface area contributed by atoms with Crippen LogP contribution in [0.15, 0.2) is 35.6 Å². The molecule has 0 radical (unpaired) electrons. The zero-order chi connectivity index (χ0) is 21.7. The van der Waals surface area contributed by atoms with E-state index in [1.807, 2.05) is 20.0 Å². The summed E-state index contributed by atoms with van der Waals surface area (Å²) in [6.07, 6.45) is 1.85. The van der Waals surface area contributed by atoms with Crippen molar-refractivity contribution in [1.29, 1.82) is 0 Å². The van der Waals surface area contributed by atoms with E-state index in [0.717, 1.165) is 5.56 Å². The van der Waals surface area contributed by atoms with Gasteiger partial charge in [-0.1, -0.05) is 17.8 Å². The maximum Gasteiger partial charge on any atom is 0.271 e. The molecule has 158 valence electrons. The highest BCUT2D eigenvalue weighted by Crippen LogP contribution is 2.29. The number of ether oxygens (including phenoxy) is 1. The molecule has 2 aromatic heterocycles. The topological polar surface area (TPSA) is 130 Å². The summed E-state index contributed by atoms with van der Waals surface area (Å²) < 4.78 is 9.12. The van der Waals surface area contributed by atoms with Crippen LogP contribution in [0.1, 0.15) is 13.8 Å². The second kappa shape index (κ2) is 9.39. The number of aromatic nitrogens is 5. The minimum absolute atomic E-state index is 0.0706. The van der Waals surface area contributed by atoms with Gasteiger partial charge in [-0.3, -0.25) is 19.6 Å². The van der Waals surface area contributed by atoms with Crippen LogP contribution in [0.2, 0.25) is 0 Å². The van der Waals surface area contributed by atoms with Crippen molar-refractivity contribution in [1.82, 2.24) is 24.5 Å². The average molecular weight is 431 g/mol. The molecule has 0 spiro atoms. The van der Waals surface area contributed by atoms with Crippen LogP contribution >= 0.6 is 11.8 Å². The Bertz CT molecular complexity index is 1060. The highest BCUT2D eigenvalue weighted by molar-refractivity contribution is 7.99. The summed E-state index contributed by atoms with van der Waals surface area (Å²) in [5.74, 6) is 0.828. The standard InChI is InChI=1S/C18H21N7O4S/c1-4-24-10-14(17(22-24)29-5-2)16-20-21-18(23(16)3)30-11-15(26)19-12-7-6-8-13(9-12)25(27)28/h6-10H,4-5,11H2,1-3H3,(H,19,26). The van der Waals surface area contributed by atoms with Gasteiger partial charge in [0.05, 0.1) is 17.3 Å². The van der Waals surface area contributed by atoms with Crippen LogP contribution in [-0.2, 0) is 18.4 Å². The molecule has 1 amide bonds. The number of aryl methyl sites for hydroxylation is 1. The third kappa shape index (κ3) is 4.76. The summed E-state index contributed by atoms with van der Waals surface area (Å²) in [7, 11) is 1.80. The third-order valence-corrected chi connectivity index (χ3v) is 5.10. The van der Waals surface area contributed by atoms with E-state index in [0.29, 0.717) is 35.7 Å². The van der Waals surface area contributed by atoms with Gasteiger partial charge < -0.3 is 14.6 Å². The van der Waals surface area contributed by atoms with Crippen LogP contribution in [0, 0.1) is 10.1 Å². The number of hydrogen-bond donors (Lipinski definition) is 1. The lowest BCUT2D eigenvalue weighted by Gasteiger charge is -2.06. The van der Waals surface area contributed by atoms with Crippen LogP contribution in [-0.4, -0.2) is 47.7 Å². The molecular formula is C18H21N7O4S. The van der Waals surface area contributed by atoms with Crippen LogP contribution in [0.5, 0.6) is 5.88 Å². The monoisotopic (exact) mass is 431 g/mol. The van der Waals surface area contributed by atoms with E-state index < -0.39 is 4.92 Å². The van der Waals surface area contributed by atoms with Crippen molar-refractivity contribution in [2.45, 2.75) is 25.5 Å². The van der Waals surface area contributed by atoms with E-state index in [9.17, 15) is 14.9 Å². The summed E-state index contributed by atoms with van der Waals surface area (Å²) >= 11 is 1.21. The zero-order valence-corrected chi connectivity index (χ0v) is 17.5. The fraction of sp³-hybridized carbons (Fsp3) is 0.333. The molecule has 3 aromatic rings. The first-order chi connectivity index (χ1) is 14.4. The lowest BCUT2D eigenvalue weighted by molar-refractivity contribution is -0.384. The molecule has 1 N–H and O–H groups in total. The molecule has 11 nitrogen and oxygen atoms in total. The number of benzene rings is 1. The van der Waals surface area contributed by atoms with Crippen molar-refractivity contribution in [3.8, 4) is 17.3 Å². The van der Waals surface area contributed by atoms with E-state index in [4.69, 9.17) is 4.74 Å². The first-order valence-electron chi connectivity index (χ1n) is 9.20. The molecule has 3 rings (SSSR count). The predicted molar refractivity (Wildman–Crippen MR) is 112 cm³/mol. The number of carbonyl (C=O) groups is 1. The van der Waals surface area contributed by atoms with Gasteiger partial charge in [0.15, 0.2) is 11.0 Å². The quantitative estimate of drug-likeness (QED) is 0.311. The van der Waals surface area contributed by atoms with Crippen LogP contribution in [0.3, 0.4) is 0 Å². The Morgan fingerprint density at radius 3 is 2.83 bits per heavy atom. The largest absolute Gasteiger partial charge is 0.476 e. The van der Waals surface area contributed by atoms with E-state index in [1.54, 1.807) is 22.4 Å². The van der Waals surface area contributed by atoms with Gasteiger partial charge in [-0.25, -0.2) is 0 Å². The third-order valence-electron chi connectivity index (χ3n) is 4.08. The van der Waals surface area contributed by atoms with Crippen molar-refractivity contribution < 1.29 is 14.5 Å². The van der Waals surface area contributed by atoms with Crippen molar-refractivity contribution >= 4 is 29.0 Å². The van der Waals surface area contributed by atoms with Gasteiger partial charge in [-0.05, 0) is 19.9 Å². The summed E-state index contributed by atoms with van der Waals surface area (Å²) in [6, 6.07) is 5.78. The minimum atomic E-state index is -0.511. The van der Waals surface area contributed by atoms with Gasteiger partial charge in [-0.2, -0.15) is 0 Å². The van der Waals surface area contributed by atoms with Crippen LogP contribution < -0.4 is 10.1 Å². The predicted octanol–water partition coefficient (Wildman–Crippen LogP) is 2.74. The molecule has 1 aromatic carbocycles. The van der Waals surface area contributed by atoms with Crippen molar-refractivity contribution in [3.63, 3.8) is 0 Å². The van der Waals surface area contributed by atoms with Crippen molar-refractivity contribution in [2.75, 3.05) is 17.7 Å². The van der Waals surface area contributed by atoms with Gasteiger partial charge >= 0.3 is 0 Å². The van der Waals surface area contributed by atoms with Crippen LogP contribution in [0.4, 0.5) is 11.4 Å². The van der Waals surface area contributed by atoms with E-state index >= 15 is 0 Å². The SMILES string of the molecule is CCOc1nn(CC)cc1-c1nnc(SCC(=O)Nc2cccc([N+](=O)[O-])c2)n1C. The number of nitrogens with one attached hydrogen (secondary N) is 1. The van der Waals surface area contributed by atoms with Gasteiger partial charge in [0.25, 0.3) is 5.69 Å². The number of nitro groups is 1. The summed E-state index contributed by atoms with van der Waals surface area (Å²) in [4.78, 5) is 22.6. The van der Waals surface area contributed by atoms with Crippen molar-refractivity contribution in [3.05, 3.63) is 40.6 Å². The van der Waals surface area contributed by atoms with E-state index in [-0.39, 0.29) is 17.3 Å². The molecule has 30 heavy (non-hydrogen) atoms. The number of nitrogens with zero attached hydrogens (tertiary/aromatic N) is 6. The summed E-state index contributed by atoms with van der Waals surface area (Å²) in [5, 5.41) is 26.8. The Morgan fingerprint density at radius 1 is 1.33 bits per heavy atom. The second-order valence-corrected chi connectivity index (χ2v) is 7.09. The fourth-order valence-corrected chi connectivity index (χ4v) is 3.37. The number of thioether (sulfide) groups is 1. The minimum Gasteiger partial charge on any atom is -0.476 e. The van der Waals surface area contributed by atoms with Crippen LogP contribution in [0.25, 0.3) is 11.4 Å². The molecule has 0 atom stereocenters. The molecule has 0 aliphatic heterocycles. The molecule has 0 aliphatic rings. The Hall–Kier alpha value is -3.41. The smallest absolute Gasteiger partial charge is 0.271 e. The Balaban J connectivity index is 1.68. The normalized spacial score (nSPS) is 10.8. The molecule has 0 fully saturated rings. The molecule has 12 heteroatoms. The molecule has 0 bridgehead atoms. The lowest BCUT2D eigenvalue weighted by atomic mass is 10.3. The summed E-state index contributed by atoms with van der Waals surface area (Å²) in [5.41, 5.74) is 1.000. The number of non-ortho nitro benzene ring substituents is 1. The second-order valence-electron chi connectivity index (χ2n) is 6.15. The number of rotatable bonds is 9. The number of hydrogen-bond acceptors (Lipinski definition) is 8. The molecular weight excluding hydrogens is 410 g/mol. The Labute approximate surface area is 176 Å². The maximum atomic E-state index is 12.2. The highest BCUT2D eigenvalue weighted by atomic mass is 32.2. The van der Waals surface area contributed by atoms with Gasteiger partial charge in [0.1, 0.15) is 5.56 Å². The van der Waals surface area contributed by atoms with Gasteiger partial charge in [-0.15, -0.1) is 15.3 Å². The number of carbonyl (C=O) groups excluding carboxylic acids is 1. The number of amides is 1. The molecule has 0 saturated carbocycles. The average Bonchev–Trinajstić information content (AvgIpc) is 3.29. The Morgan fingerprint density at radius 2 is 2.13 bits per heavy atom. The maximum absolute atomic E-state index is 12.2. The number of anilines is 1. The lowest BCUT2D eigenvalue weighted by Crippen LogP contribution is -2.14.